The monoisotopic (exact) mass is 303 g/mol. The van der Waals surface area contributed by atoms with Crippen LogP contribution in [0.15, 0.2) is 22.8 Å². The van der Waals surface area contributed by atoms with E-state index in [0.717, 1.165) is 24.4 Å². The van der Waals surface area contributed by atoms with Gasteiger partial charge in [-0.25, -0.2) is 0 Å². The van der Waals surface area contributed by atoms with E-state index < -0.39 is 0 Å². The molecule has 5 nitrogen and oxygen atoms in total. The fourth-order valence-corrected chi connectivity index (χ4v) is 2.55. The second-order valence-electron chi connectivity index (χ2n) is 6.08. The second kappa shape index (κ2) is 7.29. The van der Waals surface area contributed by atoms with Crippen LogP contribution in [0.1, 0.15) is 43.0 Å². The van der Waals surface area contributed by atoms with Crippen LogP contribution in [0.4, 0.5) is 0 Å². The standard InChI is InChI=1S/C17H25N3O2/c1-12(2)11-20-14(4)16(13(3)19-20)7-8-17(21)18-10-15-6-5-9-22-15/h5-6,9,12H,7-8,10-11H2,1-4H3,(H,18,21). The van der Waals surface area contributed by atoms with E-state index in [4.69, 9.17) is 4.42 Å². The van der Waals surface area contributed by atoms with Crippen LogP contribution >= 0.6 is 0 Å². The lowest BCUT2D eigenvalue weighted by atomic mass is 10.1. The fraction of sp³-hybridized carbons (Fsp3) is 0.529. The van der Waals surface area contributed by atoms with Crippen molar-refractivity contribution < 1.29 is 9.21 Å². The second-order valence-corrected chi connectivity index (χ2v) is 6.08. The highest BCUT2D eigenvalue weighted by Gasteiger charge is 2.13. The Hall–Kier alpha value is -2.04. The molecule has 0 spiro atoms. The normalized spacial score (nSPS) is 11.1. The smallest absolute Gasteiger partial charge is 0.220 e. The summed E-state index contributed by atoms with van der Waals surface area (Å²) in [6.07, 6.45) is 2.80. The first-order valence-electron chi connectivity index (χ1n) is 7.79. The number of hydrogen-bond acceptors (Lipinski definition) is 3. The predicted molar refractivity (Wildman–Crippen MR) is 85.4 cm³/mol. The van der Waals surface area contributed by atoms with Crippen molar-refractivity contribution >= 4 is 5.91 Å². The minimum absolute atomic E-state index is 0.0341. The predicted octanol–water partition coefficient (Wildman–Crippen LogP) is 3.00. The van der Waals surface area contributed by atoms with Crippen LogP contribution in [0.25, 0.3) is 0 Å². The van der Waals surface area contributed by atoms with Gasteiger partial charge in [0, 0.05) is 18.7 Å². The summed E-state index contributed by atoms with van der Waals surface area (Å²) in [4.78, 5) is 11.9. The Balaban J connectivity index is 1.88. The van der Waals surface area contributed by atoms with Gasteiger partial charge >= 0.3 is 0 Å². The van der Waals surface area contributed by atoms with Crippen molar-refractivity contribution in [3.63, 3.8) is 0 Å². The summed E-state index contributed by atoms with van der Waals surface area (Å²) >= 11 is 0. The van der Waals surface area contributed by atoms with Gasteiger partial charge in [0.1, 0.15) is 5.76 Å². The lowest BCUT2D eigenvalue weighted by molar-refractivity contribution is -0.121. The molecule has 0 fully saturated rings. The molecule has 0 aliphatic heterocycles. The summed E-state index contributed by atoms with van der Waals surface area (Å²) in [5.74, 6) is 1.36. The number of rotatable bonds is 7. The van der Waals surface area contributed by atoms with Crippen molar-refractivity contribution in [2.45, 2.75) is 53.6 Å². The molecular formula is C17H25N3O2. The number of nitrogens with one attached hydrogen (secondary N) is 1. The minimum Gasteiger partial charge on any atom is -0.467 e. The Morgan fingerprint density at radius 1 is 1.41 bits per heavy atom. The van der Waals surface area contributed by atoms with Gasteiger partial charge in [0.05, 0.1) is 18.5 Å². The molecule has 0 saturated heterocycles. The molecule has 22 heavy (non-hydrogen) atoms. The quantitative estimate of drug-likeness (QED) is 0.855. The topological polar surface area (TPSA) is 60.1 Å². The van der Waals surface area contributed by atoms with Crippen molar-refractivity contribution in [1.29, 1.82) is 0 Å². The molecule has 0 unspecified atom stereocenters. The number of carbonyl (C=O) groups is 1. The molecule has 0 bridgehead atoms. The third-order valence-corrected chi connectivity index (χ3v) is 3.71. The third kappa shape index (κ3) is 4.23. The summed E-state index contributed by atoms with van der Waals surface area (Å²) in [5, 5.41) is 7.46. The van der Waals surface area contributed by atoms with E-state index in [1.54, 1.807) is 6.26 Å². The molecule has 0 aliphatic carbocycles. The Bertz CT molecular complexity index is 612. The Kier molecular flexibility index (Phi) is 5.41. The van der Waals surface area contributed by atoms with Gasteiger partial charge in [0.25, 0.3) is 0 Å². The molecule has 2 aromatic heterocycles. The highest BCUT2D eigenvalue weighted by molar-refractivity contribution is 5.76. The Morgan fingerprint density at radius 3 is 2.82 bits per heavy atom. The summed E-state index contributed by atoms with van der Waals surface area (Å²) in [6.45, 7) is 9.81. The molecule has 0 saturated carbocycles. The van der Waals surface area contributed by atoms with Crippen LogP contribution in [-0.2, 0) is 24.3 Å². The minimum atomic E-state index is 0.0341. The van der Waals surface area contributed by atoms with Crippen LogP contribution in [-0.4, -0.2) is 15.7 Å². The van der Waals surface area contributed by atoms with Crippen LogP contribution in [0, 0.1) is 19.8 Å². The molecule has 2 heterocycles. The lowest BCUT2D eigenvalue weighted by Gasteiger charge is -2.08. The van der Waals surface area contributed by atoms with Crippen LogP contribution in [0.3, 0.4) is 0 Å². The zero-order valence-corrected chi connectivity index (χ0v) is 13.8. The maximum absolute atomic E-state index is 11.9. The molecule has 0 aromatic carbocycles. The van der Waals surface area contributed by atoms with E-state index in [1.807, 2.05) is 19.1 Å². The lowest BCUT2D eigenvalue weighted by Crippen LogP contribution is -2.22. The zero-order chi connectivity index (χ0) is 16.1. The molecule has 1 N–H and O–H groups in total. The van der Waals surface area contributed by atoms with Gasteiger partial charge in [-0.15, -0.1) is 0 Å². The van der Waals surface area contributed by atoms with E-state index >= 15 is 0 Å². The maximum Gasteiger partial charge on any atom is 0.220 e. The zero-order valence-electron chi connectivity index (χ0n) is 13.8. The van der Waals surface area contributed by atoms with Gasteiger partial charge in [0.2, 0.25) is 5.91 Å². The number of aromatic nitrogens is 2. The number of nitrogens with zero attached hydrogens (tertiary/aromatic N) is 2. The number of amides is 1. The van der Waals surface area contributed by atoms with Gasteiger partial charge in [-0.1, -0.05) is 13.8 Å². The van der Waals surface area contributed by atoms with E-state index in [2.05, 4.69) is 35.9 Å². The molecule has 0 radical (unpaired) electrons. The van der Waals surface area contributed by atoms with Crippen molar-refractivity contribution in [3.8, 4) is 0 Å². The van der Waals surface area contributed by atoms with Crippen molar-refractivity contribution in [2.24, 2.45) is 5.92 Å². The number of furan rings is 1. The third-order valence-electron chi connectivity index (χ3n) is 3.71. The molecule has 1 amide bonds. The first-order chi connectivity index (χ1) is 10.5. The maximum atomic E-state index is 11.9. The first-order valence-corrected chi connectivity index (χ1v) is 7.79. The van der Waals surface area contributed by atoms with Gasteiger partial charge in [-0.3, -0.25) is 9.48 Å². The highest BCUT2D eigenvalue weighted by atomic mass is 16.3. The molecule has 2 rings (SSSR count). The van der Waals surface area contributed by atoms with E-state index in [1.165, 1.54) is 11.3 Å². The summed E-state index contributed by atoms with van der Waals surface area (Å²) in [6, 6.07) is 3.67. The van der Waals surface area contributed by atoms with Gasteiger partial charge in [-0.05, 0) is 43.9 Å². The first kappa shape index (κ1) is 16.3. The number of aryl methyl sites for hydroxylation is 1. The molecule has 0 atom stereocenters. The van der Waals surface area contributed by atoms with Gasteiger partial charge < -0.3 is 9.73 Å². The SMILES string of the molecule is Cc1nn(CC(C)C)c(C)c1CCC(=O)NCc1ccco1. The average Bonchev–Trinajstić information content (AvgIpc) is 3.04. The van der Waals surface area contributed by atoms with Crippen molar-refractivity contribution in [1.82, 2.24) is 15.1 Å². The molecule has 0 aliphatic rings. The van der Waals surface area contributed by atoms with Crippen LogP contribution < -0.4 is 5.32 Å². The Labute approximate surface area is 131 Å². The molecule has 5 heteroatoms. The largest absolute Gasteiger partial charge is 0.467 e. The van der Waals surface area contributed by atoms with E-state index in [-0.39, 0.29) is 5.91 Å². The highest BCUT2D eigenvalue weighted by Crippen LogP contribution is 2.16. The number of carbonyl (C=O) groups excluding carboxylic acids is 1. The van der Waals surface area contributed by atoms with E-state index in [0.29, 0.717) is 18.9 Å². The van der Waals surface area contributed by atoms with Gasteiger partial charge in [0.15, 0.2) is 0 Å². The average molecular weight is 303 g/mol. The van der Waals surface area contributed by atoms with Gasteiger partial charge in [-0.2, -0.15) is 5.10 Å². The summed E-state index contributed by atoms with van der Waals surface area (Å²) < 4.78 is 7.25. The molecule has 2 aromatic rings. The summed E-state index contributed by atoms with van der Waals surface area (Å²) in [7, 11) is 0. The Morgan fingerprint density at radius 2 is 2.18 bits per heavy atom. The van der Waals surface area contributed by atoms with Crippen molar-refractivity contribution in [2.75, 3.05) is 0 Å². The number of hydrogen-bond donors (Lipinski definition) is 1. The summed E-state index contributed by atoms with van der Waals surface area (Å²) in [5.41, 5.74) is 3.39. The molecule has 120 valence electrons. The van der Waals surface area contributed by atoms with E-state index in [9.17, 15) is 4.79 Å². The van der Waals surface area contributed by atoms with Crippen LogP contribution in [0.5, 0.6) is 0 Å². The van der Waals surface area contributed by atoms with Crippen LogP contribution in [0.2, 0.25) is 0 Å². The fourth-order valence-electron chi connectivity index (χ4n) is 2.55. The molecular weight excluding hydrogens is 278 g/mol. The van der Waals surface area contributed by atoms with Crippen molar-refractivity contribution in [3.05, 3.63) is 41.1 Å².